The number of ether oxygens (including phenoxy) is 1. The monoisotopic (exact) mass is 257 g/mol. The molecule has 2 rings (SSSR count). The molecule has 1 atom stereocenters. The maximum Gasteiger partial charge on any atom is 0.358 e. The highest BCUT2D eigenvalue weighted by Crippen LogP contribution is 2.38. The van der Waals surface area contributed by atoms with E-state index in [1.54, 1.807) is 0 Å². The number of carbonyl (C=O) groups excluding carboxylic acids is 1. The van der Waals surface area contributed by atoms with Crippen molar-refractivity contribution in [2.45, 2.75) is 37.8 Å². The van der Waals surface area contributed by atoms with Crippen molar-refractivity contribution < 1.29 is 9.53 Å². The van der Waals surface area contributed by atoms with Crippen LogP contribution in [0.2, 0.25) is 0 Å². The van der Waals surface area contributed by atoms with Crippen LogP contribution < -0.4 is 16.4 Å². The fourth-order valence-corrected chi connectivity index (χ4v) is 2.92. The van der Waals surface area contributed by atoms with Gasteiger partial charge in [-0.1, -0.05) is 11.8 Å². The average molecular weight is 257 g/mol. The summed E-state index contributed by atoms with van der Waals surface area (Å²) in [6.07, 6.45) is 0.879. The number of hydrogen-bond acceptors (Lipinski definition) is 6. The molecule has 0 spiro atoms. The molecule has 0 radical (unpaired) electrons. The summed E-state index contributed by atoms with van der Waals surface area (Å²) < 4.78 is 5.34. The van der Waals surface area contributed by atoms with Gasteiger partial charge in [0.15, 0.2) is 0 Å². The summed E-state index contributed by atoms with van der Waals surface area (Å²) in [6.45, 7) is 7.19. The second-order valence-electron chi connectivity index (χ2n) is 5.29. The van der Waals surface area contributed by atoms with Gasteiger partial charge in [-0.3, -0.25) is 5.73 Å². The SMILES string of the molecule is CC(C)(C)OC(=O)C1(N)NC2=C(CNCC2)S1. The van der Waals surface area contributed by atoms with Crippen molar-refractivity contribution in [3.63, 3.8) is 0 Å². The third-order valence-corrected chi connectivity index (χ3v) is 3.72. The molecule has 0 bridgehead atoms. The van der Waals surface area contributed by atoms with Gasteiger partial charge in [0.25, 0.3) is 0 Å². The molecule has 0 aromatic carbocycles. The number of rotatable bonds is 1. The van der Waals surface area contributed by atoms with E-state index in [2.05, 4.69) is 10.6 Å². The normalized spacial score (nSPS) is 28.7. The van der Waals surface area contributed by atoms with Crippen LogP contribution in [0.1, 0.15) is 27.2 Å². The van der Waals surface area contributed by atoms with Crippen molar-refractivity contribution in [1.82, 2.24) is 10.6 Å². The second kappa shape index (κ2) is 4.19. The van der Waals surface area contributed by atoms with E-state index in [1.165, 1.54) is 11.8 Å². The van der Waals surface area contributed by atoms with Crippen molar-refractivity contribution in [2.75, 3.05) is 13.1 Å². The number of esters is 1. The molecule has 1 unspecified atom stereocenters. The largest absolute Gasteiger partial charge is 0.457 e. The van der Waals surface area contributed by atoms with Gasteiger partial charge < -0.3 is 15.4 Å². The smallest absolute Gasteiger partial charge is 0.358 e. The highest BCUT2D eigenvalue weighted by atomic mass is 32.2. The van der Waals surface area contributed by atoms with E-state index in [1.807, 2.05) is 20.8 Å². The first kappa shape index (κ1) is 12.7. The molecule has 17 heavy (non-hydrogen) atoms. The first-order chi connectivity index (χ1) is 7.80. The van der Waals surface area contributed by atoms with Crippen LogP contribution in [0.3, 0.4) is 0 Å². The maximum absolute atomic E-state index is 12.0. The minimum atomic E-state index is -1.16. The summed E-state index contributed by atoms with van der Waals surface area (Å²) in [5.41, 5.74) is 6.63. The molecule has 0 fully saturated rings. The van der Waals surface area contributed by atoms with E-state index < -0.39 is 16.6 Å². The Morgan fingerprint density at radius 2 is 2.24 bits per heavy atom. The fraction of sp³-hybridized carbons (Fsp3) is 0.727. The molecule has 0 aromatic heterocycles. The topological polar surface area (TPSA) is 76.4 Å². The van der Waals surface area contributed by atoms with E-state index in [-0.39, 0.29) is 0 Å². The zero-order valence-electron chi connectivity index (χ0n) is 10.4. The van der Waals surface area contributed by atoms with Crippen LogP contribution in [0, 0.1) is 0 Å². The molecule has 0 aliphatic carbocycles. The molecule has 0 saturated carbocycles. The number of thioether (sulfide) groups is 1. The summed E-state index contributed by atoms with van der Waals surface area (Å²) in [4.78, 5) is 12.0. The Morgan fingerprint density at radius 1 is 1.53 bits per heavy atom. The fourth-order valence-electron chi connectivity index (χ4n) is 1.78. The van der Waals surface area contributed by atoms with Gasteiger partial charge in [0.1, 0.15) is 5.60 Å². The molecule has 5 nitrogen and oxygen atoms in total. The standard InChI is InChI=1S/C11H19N3O2S/c1-10(2,3)16-9(15)11(12)14-7-4-5-13-6-8(7)17-11/h13-14H,4-6,12H2,1-3H3. The molecule has 2 aliphatic rings. The van der Waals surface area contributed by atoms with E-state index in [9.17, 15) is 4.79 Å². The van der Waals surface area contributed by atoms with E-state index in [0.717, 1.165) is 30.1 Å². The van der Waals surface area contributed by atoms with Gasteiger partial charge in [-0.2, -0.15) is 0 Å². The molecule has 0 aromatic rings. The van der Waals surface area contributed by atoms with Crippen LogP contribution in [0.15, 0.2) is 10.6 Å². The molecule has 4 N–H and O–H groups in total. The highest BCUT2D eigenvalue weighted by Gasteiger charge is 2.45. The summed E-state index contributed by atoms with van der Waals surface area (Å²) >= 11 is 1.35. The third-order valence-electron chi connectivity index (χ3n) is 2.50. The van der Waals surface area contributed by atoms with Gasteiger partial charge in [0.2, 0.25) is 4.99 Å². The van der Waals surface area contributed by atoms with Gasteiger partial charge in [0, 0.05) is 30.1 Å². The minimum absolute atomic E-state index is 0.413. The summed E-state index contributed by atoms with van der Waals surface area (Å²) in [5.74, 6) is -0.413. The summed E-state index contributed by atoms with van der Waals surface area (Å²) in [5, 5.41) is 6.35. The third kappa shape index (κ3) is 2.75. The van der Waals surface area contributed by atoms with Crippen LogP contribution in [0.25, 0.3) is 0 Å². The van der Waals surface area contributed by atoms with E-state index >= 15 is 0 Å². The maximum atomic E-state index is 12.0. The second-order valence-corrected chi connectivity index (χ2v) is 6.63. The summed E-state index contributed by atoms with van der Waals surface area (Å²) in [6, 6.07) is 0. The number of carbonyl (C=O) groups is 1. The molecule has 2 aliphatic heterocycles. The minimum Gasteiger partial charge on any atom is -0.457 e. The number of nitrogens with one attached hydrogen (secondary N) is 2. The highest BCUT2D eigenvalue weighted by molar-refractivity contribution is 8.05. The number of nitrogens with two attached hydrogens (primary N) is 1. The quantitative estimate of drug-likeness (QED) is 0.593. The lowest BCUT2D eigenvalue weighted by molar-refractivity contribution is -0.158. The molecular formula is C11H19N3O2S. The Balaban J connectivity index is 2.06. The van der Waals surface area contributed by atoms with Crippen LogP contribution in [-0.2, 0) is 9.53 Å². The predicted molar refractivity (Wildman–Crippen MR) is 68.0 cm³/mol. The van der Waals surface area contributed by atoms with Crippen molar-refractivity contribution in [3.05, 3.63) is 10.6 Å². The van der Waals surface area contributed by atoms with Crippen LogP contribution in [-0.4, -0.2) is 29.7 Å². The average Bonchev–Trinajstić information content (AvgIpc) is 2.52. The van der Waals surface area contributed by atoms with Crippen molar-refractivity contribution in [3.8, 4) is 0 Å². The Labute approximate surface area is 106 Å². The van der Waals surface area contributed by atoms with Gasteiger partial charge in [-0.15, -0.1) is 0 Å². The van der Waals surface area contributed by atoms with Crippen molar-refractivity contribution >= 4 is 17.7 Å². The molecular weight excluding hydrogens is 238 g/mol. The molecule has 2 heterocycles. The van der Waals surface area contributed by atoms with Crippen molar-refractivity contribution in [1.29, 1.82) is 0 Å². The zero-order chi connectivity index (χ0) is 12.7. The van der Waals surface area contributed by atoms with Gasteiger partial charge in [-0.25, -0.2) is 4.79 Å². The predicted octanol–water partition coefficient (Wildman–Crippen LogP) is 0.482. The lowest BCUT2D eigenvalue weighted by atomic mass is 10.2. The lowest BCUT2D eigenvalue weighted by Gasteiger charge is -2.28. The molecule has 0 amide bonds. The first-order valence-electron chi connectivity index (χ1n) is 5.72. The van der Waals surface area contributed by atoms with Gasteiger partial charge >= 0.3 is 5.97 Å². The Kier molecular flexibility index (Phi) is 3.14. The molecule has 96 valence electrons. The van der Waals surface area contributed by atoms with Crippen molar-refractivity contribution in [2.24, 2.45) is 5.73 Å². The summed E-state index contributed by atoms with van der Waals surface area (Å²) in [7, 11) is 0. The Hall–Kier alpha value is -0.720. The van der Waals surface area contributed by atoms with Crippen LogP contribution >= 0.6 is 11.8 Å². The Bertz CT molecular complexity index is 355. The molecule has 6 heteroatoms. The van der Waals surface area contributed by atoms with Gasteiger partial charge in [-0.05, 0) is 20.8 Å². The molecule has 0 saturated heterocycles. The Morgan fingerprint density at radius 3 is 2.82 bits per heavy atom. The van der Waals surface area contributed by atoms with Gasteiger partial charge in [0.05, 0.1) is 0 Å². The van der Waals surface area contributed by atoms with Crippen LogP contribution in [0.5, 0.6) is 0 Å². The number of hydrogen-bond donors (Lipinski definition) is 3. The lowest BCUT2D eigenvalue weighted by Crippen LogP contribution is -2.56. The van der Waals surface area contributed by atoms with E-state index in [4.69, 9.17) is 10.5 Å². The van der Waals surface area contributed by atoms with Crippen LogP contribution in [0.4, 0.5) is 0 Å². The van der Waals surface area contributed by atoms with E-state index in [0.29, 0.717) is 0 Å². The zero-order valence-corrected chi connectivity index (χ0v) is 11.2. The first-order valence-corrected chi connectivity index (χ1v) is 6.54.